The molecular weight excluding hydrogens is 515 g/mol. The second kappa shape index (κ2) is 11.7. The van der Waals surface area contributed by atoms with Crippen molar-refractivity contribution in [2.75, 3.05) is 33.2 Å². The molecule has 1 spiro atoms. The lowest BCUT2D eigenvalue weighted by Crippen LogP contribution is -2.47. The lowest BCUT2D eigenvalue weighted by atomic mass is 9.73. The molecule has 7 nitrogen and oxygen atoms in total. The van der Waals surface area contributed by atoms with Gasteiger partial charge in [0.25, 0.3) is 0 Å². The quantitative estimate of drug-likeness (QED) is 0.428. The minimum atomic E-state index is -1.05. The van der Waals surface area contributed by atoms with Crippen LogP contribution in [0.4, 0.5) is 0 Å². The van der Waals surface area contributed by atoms with Gasteiger partial charge in [0.05, 0.1) is 13.1 Å². The Morgan fingerprint density at radius 2 is 1.51 bits per heavy atom. The number of piperidine rings is 1. The number of hydrogen-bond acceptors (Lipinski definition) is 7. The minimum absolute atomic E-state index is 0.0404. The van der Waals surface area contributed by atoms with E-state index in [1.54, 1.807) is 47.3 Å². The Hall–Kier alpha value is -3.62. The summed E-state index contributed by atoms with van der Waals surface area (Å²) in [5, 5.41) is 0. The molecule has 3 aromatic rings. The SMILES string of the molecule is CC1CC2(CCN(Cc3ccc(COc4ccc(B5OC(=O)CN(C)CC(=O)O5)cc4)cc3)CC2)c2ccccc21. The van der Waals surface area contributed by atoms with E-state index < -0.39 is 19.1 Å². The van der Waals surface area contributed by atoms with Crippen LogP contribution in [0.5, 0.6) is 5.75 Å². The number of likely N-dealkylation sites (N-methyl/N-ethyl adjacent to an activating group) is 1. The fourth-order valence-corrected chi connectivity index (χ4v) is 6.69. The first kappa shape index (κ1) is 27.5. The number of rotatable bonds is 6. The van der Waals surface area contributed by atoms with Gasteiger partial charge in [-0.2, -0.15) is 0 Å². The van der Waals surface area contributed by atoms with Gasteiger partial charge in [0.15, 0.2) is 0 Å². The van der Waals surface area contributed by atoms with Crippen LogP contribution >= 0.6 is 0 Å². The summed E-state index contributed by atoms with van der Waals surface area (Å²) in [7, 11) is 0.620. The topological polar surface area (TPSA) is 68.3 Å². The summed E-state index contributed by atoms with van der Waals surface area (Å²) in [5.74, 6) is 0.476. The third-order valence-corrected chi connectivity index (χ3v) is 8.84. The number of likely N-dealkylation sites (tertiary alicyclic amines) is 1. The van der Waals surface area contributed by atoms with Crippen LogP contribution in [0.3, 0.4) is 0 Å². The lowest BCUT2D eigenvalue weighted by Gasteiger charge is -2.40. The number of hydrogen-bond donors (Lipinski definition) is 0. The number of benzene rings is 3. The molecule has 0 N–H and O–H groups in total. The van der Waals surface area contributed by atoms with E-state index in [9.17, 15) is 9.59 Å². The standard InChI is InChI=1S/C33H37BN2O5/c1-24-19-33(30-6-4-3-5-29(24)30)15-17-36(18-16-33)20-25-7-9-26(10-8-25)23-39-28-13-11-27(12-14-28)34-40-31(37)21-35(2)22-32(38)41-34/h3-14,24H,15-23H2,1-2H3. The van der Waals surface area contributed by atoms with Gasteiger partial charge in [0, 0.05) is 12.0 Å². The predicted molar refractivity (Wildman–Crippen MR) is 158 cm³/mol. The highest BCUT2D eigenvalue weighted by Crippen LogP contribution is 2.51. The van der Waals surface area contributed by atoms with Crippen LogP contribution < -0.4 is 10.2 Å². The summed E-state index contributed by atoms with van der Waals surface area (Å²) < 4.78 is 16.6. The molecule has 1 atom stereocenters. The van der Waals surface area contributed by atoms with Gasteiger partial charge in [0.2, 0.25) is 0 Å². The zero-order chi connectivity index (χ0) is 28.4. The smallest absolute Gasteiger partial charge is 0.494 e. The molecule has 1 aliphatic carbocycles. The molecule has 0 aromatic heterocycles. The largest absolute Gasteiger partial charge is 0.636 e. The average molecular weight is 552 g/mol. The van der Waals surface area contributed by atoms with E-state index in [0.29, 0.717) is 29.2 Å². The average Bonchev–Trinajstić information content (AvgIpc) is 3.24. The molecule has 2 aliphatic heterocycles. The van der Waals surface area contributed by atoms with Crippen LogP contribution in [0, 0.1) is 0 Å². The molecule has 2 fully saturated rings. The van der Waals surface area contributed by atoms with Gasteiger partial charge in [-0.15, -0.1) is 0 Å². The second-order valence-electron chi connectivity index (χ2n) is 11.9. The fourth-order valence-electron chi connectivity index (χ4n) is 6.69. The molecule has 2 heterocycles. The highest BCUT2D eigenvalue weighted by Gasteiger charge is 2.43. The van der Waals surface area contributed by atoms with Gasteiger partial charge in [0.1, 0.15) is 12.4 Å². The number of carbonyl (C=O) groups is 2. The van der Waals surface area contributed by atoms with E-state index in [2.05, 4.69) is 60.4 Å². The van der Waals surface area contributed by atoms with Crippen molar-refractivity contribution in [3.8, 4) is 5.75 Å². The molecule has 8 heteroatoms. The molecule has 3 aliphatic rings. The van der Waals surface area contributed by atoms with Gasteiger partial charge in [-0.05, 0) is 85.1 Å². The van der Waals surface area contributed by atoms with Gasteiger partial charge in [-0.25, -0.2) is 0 Å². The molecule has 41 heavy (non-hydrogen) atoms. The van der Waals surface area contributed by atoms with E-state index >= 15 is 0 Å². The van der Waals surface area contributed by atoms with Gasteiger partial charge in [-0.1, -0.05) is 67.6 Å². The Labute approximate surface area is 242 Å². The molecule has 212 valence electrons. The van der Waals surface area contributed by atoms with Crippen molar-refractivity contribution in [2.24, 2.45) is 0 Å². The van der Waals surface area contributed by atoms with Gasteiger partial charge < -0.3 is 14.0 Å². The molecule has 2 saturated heterocycles. The van der Waals surface area contributed by atoms with Crippen molar-refractivity contribution >= 4 is 24.5 Å². The van der Waals surface area contributed by atoms with Crippen LogP contribution in [0.15, 0.2) is 72.8 Å². The van der Waals surface area contributed by atoms with E-state index in [1.807, 2.05) is 0 Å². The monoisotopic (exact) mass is 552 g/mol. The Kier molecular flexibility index (Phi) is 7.87. The third kappa shape index (κ3) is 6.19. The Bertz CT molecular complexity index is 1370. The maximum Gasteiger partial charge on any atom is 0.636 e. The summed E-state index contributed by atoms with van der Waals surface area (Å²) >= 11 is 0. The summed E-state index contributed by atoms with van der Waals surface area (Å²) in [6, 6.07) is 24.9. The maximum absolute atomic E-state index is 12.0. The van der Waals surface area contributed by atoms with Crippen molar-refractivity contribution in [3.05, 3.63) is 95.1 Å². The summed E-state index contributed by atoms with van der Waals surface area (Å²) in [6.45, 7) is 6.16. The van der Waals surface area contributed by atoms with Crippen molar-refractivity contribution in [3.63, 3.8) is 0 Å². The third-order valence-electron chi connectivity index (χ3n) is 8.84. The summed E-state index contributed by atoms with van der Waals surface area (Å²) in [5.41, 5.74) is 6.54. The van der Waals surface area contributed by atoms with Crippen LogP contribution in [0.25, 0.3) is 0 Å². The number of ether oxygens (including phenoxy) is 1. The Morgan fingerprint density at radius 3 is 2.20 bits per heavy atom. The van der Waals surface area contributed by atoms with Gasteiger partial charge >= 0.3 is 19.1 Å². The Morgan fingerprint density at radius 1 is 0.878 bits per heavy atom. The molecule has 0 amide bonds. The van der Waals surface area contributed by atoms with E-state index in [1.165, 1.54) is 24.8 Å². The Balaban J connectivity index is 0.989. The molecular formula is C33H37BN2O5. The normalized spacial score (nSPS) is 21.1. The zero-order valence-electron chi connectivity index (χ0n) is 23.9. The molecule has 3 aromatic carbocycles. The molecule has 0 saturated carbocycles. The maximum atomic E-state index is 12.0. The van der Waals surface area contributed by atoms with Crippen molar-refractivity contribution < 1.29 is 23.6 Å². The number of carbonyl (C=O) groups excluding carboxylic acids is 2. The van der Waals surface area contributed by atoms with Crippen molar-refractivity contribution in [1.82, 2.24) is 9.80 Å². The van der Waals surface area contributed by atoms with Crippen molar-refractivity contribution in [2.45, 2.75) is 50.7 Å². The van der Waals surface area contributed by atoms with Crippen LogP contribution in [0.1, 0.15) is 54.4 Å². The van der Waals surface area contributed by atoms with Gasteiger partial charge in [-0.3, -0.25) is 19.4 Å². The van der Waals surface area contributed by atoms with Crippen LogP contribution in [-0.4, -0.2) is 62.1 Å². The summed E-state index contributed by atoms with van der Waals surface area (Å²) in [6.07, 6.45) is 3.76. The lowest BCUT2D eigenvalue weighted by molar-refractivity contribution is -0.145. The minimum Gasteiger partial charge on any atom is -0.494 e. The highest BCUT2D eigenvalue weighted by atomic mass is 16.6. The van der Waals surface area contributed by atoms with Crippen LogP contribution in [-0.2, 0) is 37.5 Å². The van der Waals surface area contributed by atoms with E-state index in [0.717, 1.165) is 25.2 Å². The first-order chi connectivity index (χ1) is 19.9. The highest BCUT2D eigenvalue weighted by molar-refractivity contribution is 6.64. The zero-order valence-corrected chi connectivity index (χ0v) is 23.9. The molecule has 1 unspecified atom stereocenters. The fraction of sp³-hybridized carbons (Fsp3) is 0.394. The molecule has 6 rings (SSSR count). The molecule has 0 radical (unpaired) electrons. The van der Waals surface area contributed by atoms with Crippen LogP contribution in [0.2, 0.25) is 0 Å². The molecule has 0 bridgehead atoms. The predicted octanol–water partition coefficient (Wildman–Crippen LogP) is 4.03. The van der Waals surface area contributed by atoms with E-state index in [4.69, 9.17) is 14.0 Å². The first-order valence-corrected chi connectivity index (χ1v) is 14.6. The van der Waals surface area contributed by atoms with E-state index in [-0.39, 0.29) is 13.1 Å². The number of fused-ring (bicyclic) bond motifs is 2. The second-order valence-corrected chi connectivity index (χ2v) is 11.9. The first-order valence-electron chi connectivity index (χ1n) is 14.6. The van der Waals surface area contributed by atoms with Crippen molar-refractivity contribution in [1.29, 1.82) is 0 Å². The number of nitrogens with zero attached hydrogens (tertiary/aromatic N) is 2. The summed E-state index contributed by atoms with van der Waals surface area (Å²) in [4.78, 5) is 28.2.